The second-order valence-electron chi connectivity index (χ2n) is 3.60. The summed E-state index contributed by atoms with van der Waals surface area (Å²) in [6.45, 7) is 5.44. The molecule has 0 fully saturated rings. The fourth-order valence-electron chi connectivity index (χ4n) is 1.24. The van der Waals surface area contributed by atoms with Crippen molar-refractivity contribution in [1.29, 1.82) is 0 Å². The number of nitrogens with zero attached hydrogens (tertiary/aromatic N) is 1. The molecule has 0 aliphatic heterocycles. The maximum Gasteiger partial charge on any atom is 0.248 e. The van der Waals surface area contributed by atoms with Gasteiger partial charge >= 0.3 is 0 Å². The van der Waals surface area contributed by atoms with Gasteiger partial charge in [-0.15, -0.1) is 0 Å². The minimum Gasteiger partial charge on any atom is -0.396 e. The van der Waals surface area contributed by atoms with Crippen LogP contribution in [-0.2, 0) is 9.53 Å². The smallest absolute Gasteiger partial charge is 0.248 e. The van der Waals surface area contributed by atoms with Gasteiger partial charge in [0, 0.05) is 25.7 Å². The molecule has 0 spiro atoms. The summed E-state index contributed by atoms with van der Waals surface area (Å²) in [4.78, 5) is 13.3. The minimum atomic E-state index is -0.0492. The van der Waals surface area contributed by atoms with Crippen molar-refractivity contribution in [2.75, 3.05) is 32.9 Å². The van der Waals surface area contributed by atoms with Gasteiger partial charge in [0.1, 0.15) is 6.61 Å². The van der Waals surface area contributed by atoms with Crippen molar-refractivity contribution in [3.05, 3.63) is 0 Å². The summed E-state index contributed by atoms with van der Waals surface area (Å²) < 4.78 is 5.08. The maximum absolute atomic E-state index is 11.6. The number of nitrogens with two attached hydrogens (primary N) is 1. The van der Waals surface area contributed by atoms with E-state index in [0.29, 0.717) is 26.1 Å². The van der Waals surface area contributed by atoms with Crippen molar-refractivity contribution in [3.8, 4) is 0 Å². The third kappa shape index (κ3) is 6.43. The highest BCUT2D eigenvalue weighted by molar-refractivity contribution is 5.77. The first-order chi connectivity index (χ1) is 7.13. The normalized spacial score (nSPS) is 10.7. The van der Waals surface area contributed by atoms with Crippen LogP contribution in [0.2, 0.25) is 0 Å². The Morgan fingerprint density at radius 3 is 2.67 bits per heavy atom. The zero-order valence-corrected chi connectivity index (χ0v) is 9.61. The highest BCUT2D eigenvalue weighted by Crippen LogP contribution is 2.00. The lowest BCUT2D eigenvalue weighted by atomic mass is 10.3. The first-order valence-corrected chi connectivity index (χ1v) is 5.31. The van der Waals surface area contributed by atoms with Gasteiger partial charge in [-0.05, 0) is 20.3 Å². The molecule has 0 aromatic carbocycles. The van der Waals surface area contributed by atoms with Gasteiger partial charge in [0.15, 0.2) is 0 Å². The van der Waals surface area contributed by atoms with Crippen molar-refractivity contribution in [1.82, 2.24) is 4.90 Å². The van der Waals surface area contributed by atoms with Gasteiger partial charge in [-0.3, -0.25) is 4.79 Å². The molecule has 15 heavy (non-hydrogen) atoms. The summed E-state index contributed by atoms with van der Waals surface area (Å²) in [7, 11) is 0. The summed E-state index contributed by atoms with van der Waals surface area (Å²) in [5.74, 6) is -0.0492. The predicted octanol–water partition coefficient (Wildman–Crippen LogP) is -0.419. The number of rotatable bonds is 8. The summed E-state index contributed by atoms with van der Waals surface area (Å²) in [5.41, 5.74) is 5.25. The lowest BCUT2D eigenvalue weighted by Crippen LogP contribution is -2.40. The third-order valence-corrected chi connectivity index (χ3v) is 1.99. The Morgan fingerprint density at radius 1 is 1.53 bits per heavy atom. The molecule has 0 bridgehead atoms. The van der Waals surface area contributed by atoms with E-state index in [1.54, 1.807) is 4.90 Å². The molecule has 0 aliphatic rings. The van der Waals surface area contributed by atoms with E-state index in [9.17, 15) is 4.79 Å². The van der Waals surface area contributed by atoms with Crippen molar-refractivity contribution in [2.24, 2.45) is 5.73 Å². The zero-order valence-electron chi connectivity index (χ0n) is 9.61. The Morgan fingerprint density at radius 2 is 2.20 bits per heavy atom. The Labute approximate surface area is 91.2 Å². The van der Waals surface area contributed by atoms with E-state index in [4.69, 9.17) is 15.6 Å². The molecule has 0 aromatic rings. The molecule has 0 saturated heterocycles. The summed E-state index contributed by atoms with van der Waals surface area (Å²) in [6, 6.07) is 0.130. The Hall–Kier alpha value is -0.650. The molecular formula is C10H22N2O3. The molecule has 5 heteroatoms. The Kier molecular flexibility index (Phi) is 8.27. The van der Waals surface area contributed by atoms with Crippen LogP contribution in [0.1, 0.15) is 20.3 Å². The average molecular weight is 218 g/mol. The van der Waals surface area contributed by atoms with Crippen LogP contribution in [0.15, 0.2) is 0 Å². The van der Waals surface area contributed by atoms with Crippen molar-refractivity contribution in [2.45, 2.75) is 26.3 Å². The molecule has 0 aromatic heterocycles. The van der Waals surface area contributed by atoms with Gasteiger partial charge in [-0.1, -0.05) is 0 Å². The standard InChI is InChI=1S/C10H22N2O3/c1-9(2)12(5-3-6-13)10(14)8-15-7-4-11/h9,13H,3-8,11H2,1-2H3. The summed E-state index contributed by atoms with van der Waals surface area (Å²) in [5, 5.41) is 8.71. The van der Waals surface area contributed by atoms with E-state index in [1.165, 1.54) is 0 Å². The number of carbonyl (C=O) groups excluding carboxylic acids is 1. The topological polar surface area (TPSA) is 75.8 Å². The molecule has 1 amide bonds. The molecule has 0 atom stereocenters. The lowest BCUT2D eigenvalue weighted by Gasteiger charge is -2.26. The molecule has 0 heterocycles. The van der Waals surface area contributed by atoms with Gasteiger partial charge in [0.25, 0.3) is 0 Å². The molecule has 0 aliphatic carbocycles. The molecule has 0 unspecified atom stereocenters. The molecule has 5 nitrogen and oxygen atoms in total. The van der Waals surface area contributed by atoms with Crippen LogP contribution in [-0.4, -0.2) is 54.9 Å². The number of amides is 1. The van der Waals surface area contributed by atoms with E-state index in [2.05, 4.69) is 0 Å². The average Bonchev–Trinajstić information content (AvgIpc) is 2.18. The van der Waals surface area contributed by atoms with Crippen LogP contribution in [0.3, 0.4) is 0 Å². The largest absolute Gasteiger partial charge is 0.396 e. The second-order valence-corrected chi connectivity index (χ2v) is 3.60. The fourth-order valence-corrected chi connectivity index (χ4v) is 1.24. The van der Waals surface area contributed by atoms with Crippen LogP contribution in [0.4, 0.5) is 0 Å². The van der Waals surface area contributed by atoms with Crippen molar-refractivity contribution in [3.63, 3.8) is 0 Å². The number of aliphatic hydroxyl groups is 1. The summed E-state index contributed by atoms with van der Waals surface area (Å²) >= 11 is 0. The van der Waals surface area contributed by atoms with E-state index < -0.39 is 0 Å². The highest BCUT2D eigenvalue weighted by Gasteiger charge is 2.15. The quantitative estimate of drug-likeness (QED) is 0.543. The van der Waals surface area contributed by atoms with Gasteiger partial charge < -0.3 is 20.5 Å². The molecule has 3 N–H and O–H groups in total. The molecule has 0 radical (unpaired) electrons. The number of ether oxygens (including phenoxy) is 1. The SMILES string of the molecule is CC(C)N(CCCO)C(=O)COCCN. The van der Waals surface area contributed by atoms with Gasteiger partial charge in [-0.2, -0.15) is 0 Å². The van der Waals surface area contributed by atoms with E-state index in [0.717, 1.165) is 0 Å². The number of carbonyl (C=O) groups is 1. The fraction of sp³-hybridized carbons (Fsp3) is 0.900. The predicted molar refractivity (Wildman–Crippen MR) is 58.4 cm³/mol. The first-order valence-electron chi connectivity index (χ1n) is 5.31. The lowest BCUT2D eigenvalue weighted by molar-refractivity contribution is -0.137. The van der Waals surface area contributed by atoms with Gasteiger partial charge in [0.05, 0.1) is 6.61 Å². The first kappa shape index (κ1) is 14.3. The Bertz CT molecular complexity index is 174. The molecule has 90 valence electrons. The number of hydrogen-bond acceptors (Lipinski definition) is 4. The third-order valence-electron chi connectivity index (χ3n) is 1.99. The van der Waals surface area contributed by atoms with Crippen molar-refractivity contribution < 1.29 is 14.6 Å². The monoisotopic (exact) mass is 218 g/mol. The van der Waals surface area contributed by atoms with Crippen molar-refractivity contribution >= 4 is 5.91 Å². The number of hydrogen-bond donors (Lipinski definition) is 2. The molecule has 0 rings (SSSR count). The van der Waals surface area contributed by atoms with Gasteiger partial charge in [-0.25, -0.2) is 0 Å². The number of aliphatic hydroxyl groups excluding tert-OH is 1. The van der Waals surface area contributed by atoms with Crippen LogP contribution in [0.25, 0.3) is 0 Å². The van der Waals surface area contributed by atoms with Crippen LogP contribution in [0.5, 0.6) is 0 Å². The van der Waals surface area contributed by atoms with E-state index in [1.807, 2.05) is 13.8 Å². The zero-order chi connectivity index (χ0) is 11.7. The highest BCUT2D eigenvalue weighted by atomic mass is 16.5. The van der Waals surface area contributed by atoms with Gasteiger partial charge in [0.2, 0.25) is 5.91 Å². The molecular weight excluding hydrogens is 196 g/mol. The Balaban J connectivity index is 3.93. The second kappa shape index (κ2) is 8.64. The summed E-state index contributed by atoms with van der Waals surface area (Å²) in [6.07, 6.45) is 0.598. The van der Waals surface area contributed by atoms with Crippen LogP contribution >= 0.6 is 0 Å². The van der Waals surface area contributed by atoms with E-state index in [-0.39, 0.29) is 25.2 Å². The maximum atomic E-state index is 11.6. The minimum absolute atomic E-state index is 0.0492. The molecule has 0 saturated carbocycles. The van der Waals surface area contributed by atoms with E-state index >= 15 is 0 Å². The van der Waals surface area contributed by atoms with Crippen LogP contribution in [0, 0.1) is 0 Å². The van der Waals surface area contributed by atoms with Crippen LogP contribution < -0.4 is 5.73 Å².